The minimum absolute atomic E-state index is 0.0895. The molecule has 0 aliphatic carbocycles. The monoisotopic (exact) mass is 269 g/mol. The average molecular weight is 269 g/mol. The summed E-state index contributed by atoms with van der Waals surface area (Å²) >= 11 is 1.21. The van der Waals surface area contributed by atoms with Gasteiger partial charge in [-0.3, -0.25) is 9.36 Å². The highest BCUT2D eigenvalue weighted by Gasteiger charge is 2.12. The van der Waals surface area contributed by atoms with Crippen molar-refractivity contribution in [2.24, 2.45) is 0 Å². The van der Waals surface area contributed by atoms with E-state index in [0.29, 0.717) is 24.7 Å². The molecule has 0 aliphatic rings. The summed E-state index contributed by atoms with van der Waals surface area (Å²) in [5, 5.41) is 15.1. The number of nitriles is 1. The van der Waals surface area contributed by atoms with Crippen LogP contribution in [0.1, 0.15) is 13.3 Å². The predicted octanol–water partition coefficient (Wildman–Crippen LogP) is 0.0555. The first-order valence-corrected chi connectivity index (χ1v) is 6.47. The van der Waals surface area contributed by atoms with Gasteiger partial charge >= 0.3 is 5.69 Å². The van der Waals surface area contributed by atoms with Crippen molar-refractivity contribution in [3.8, 4) is 6.07 Å². The van der Waals surface area contributed by atoms with E-state index in [9.17, 15) is 9.59 Å². The maximum Gasteiger partial charge on any atom is 0.343 e. The van der Waals surface area contributed by atoms with Crippen LogP contribution in [0.15, 0.2) is 9.95 Å². The zero-order chi connectivity index (χ0) is 13.5. The first-order valence-electron chi connectivity index (χ1n) is 5.49. The maximum atomic E-state index is 11.7. The zero-order valence-corrected chi connectivity index (χ0v) is 11.2. The Labute approximate surface area is 109 Å². The molecule has 98 valence electrons. The molecule has 0 saturated carbocycles. The third-order valence-corrected chi connectivity index (χ3v) is 3.31. The predicted molar refractivity (Wildman–Crippen MR) is 67.1 cm³/mol. The van der Waals surface area contributed by atoms with Crippen molar-refractivity contribution in [1.82, 2.24) is 19.7 Å². The molecule has 0 bridgehead atoms. The molecule has 18 heavy (non-hydrogen) atoms. The molecule has 1 aromatic heterocycles. The summed E-state index contributed by atoms with van der Waals surface area (Å²) in [6, 6.07) is 1.99. The Hall–Kier alpha value is -1.75. The van der Waals surface area contributed by atoms with Gasteiger partial charge in [0.2, 0.25) is 5.91 Å². The first kappa shape index (κ1) is 14.3. The van der Waals surface area contributed by atoms with Gasteiger partial charge in [-0.05, 0) is 6.92 Å². The van der Waals surface area contributed by atoms with Crippen LogP contribution in [0.5, 0.6) is 0 Å². The molecule has 7 nitrogen and oxygen atoms in total. The molecule has 1 rings (SSSR count). The number of amides is 1. The van der Waals surface area contributed by atoms with Crippen molar-refractivity contribution in [2.75, 3.05) is 19.3 Å². The number of thioether (sulfide) groups is 1. The number of nitrogens with one attached hydrogen (secondary N) is 1. The molecule has 1 heterocycles. The van der Waals surface area contributed by atoms with Crippen LogP contribution in [-0.4, -0.2) is 44.9 Å². The van der Waals surface area contributed by atoms with E-state index in [-0.39, 0.29) is 17.3 Å². The summed E-state index contributed by atoms with van der Waals surface area (Å²) in [6.45, 7) is 2.76. The highest BCUT2D eigenvalue weighted by atomic mass is 32.2. The molecule has 0 radical (unpaired) electrons. The second-order valence-electron chi connectivity index (χ2n) is 3.57. The lowest BCUT2D eigenvalue weighted by molar-refractivity contribution is -0.127. The van der Waals surface area contributed by atoms with Crippen molar-refractivity contribution in [2.45, 2.75) is 25.0 Å². The number of carbonyl (C=O) groups is 1. The Bertz CT molecular complexity index is 501. The quantitative estimate of drug-likeness (QED) is 0.737. The molecular weight excluding hydrogens is 254 g/mol. The maximum absolute atomic E-state index is 11.7. The Kier molecular flexibility index (Phi) is 5.45. The minimum Gasteiger partial charge on any atom is -0.344 e. The third kappa shape index (κ3) is 3.63. The number of nitrogens with zero attached hydrogens (tertiary/aromatic N) is 4. The summed E-state index contributed by atoms with van der Waals surface area (Å²) in [6.07, 6.45) is 0.314. The summed E-state index contributed by atoms with van der Waals surface area (Å²) in [5.74, 6) is 0.111. The van der Waals surface area contributed by atoms with Gasteiger partial charge in [0.05, 0.1) is 18.2 Å². The Morgan fingerprint density at radius 3 is 3.00 bits per heavy atom. The molecule has 0 aromatic carbocycles. The summed E-state index contributed by atoms with van der Waals surface area (Å²) < 4.78 is 1.47. The topological polar surface area (TPSA) is 94.8 Å². The molecule has 1 N–H and O–H groups in total. The molecule has 0 unspecified atom stereocenters. The number of H-pyrrole nitrogens is 1. The fraction of sp³-hybridized carbons (Fsp3) is 0.600. The van der Waals surface area contributed by atoms with Gasteiger partial charge in [-0.2, -0.15) is 5.26 Å². The van der Waals surface area contributed by atoms with Gasteiger partial charge in [0.1, 0.15) is 0 Å². The van der Waals surface area contributed by atoms with Gasteiger partial charge in [0, 0.05) is 20.1 Å². The number of hydrogen-bond donors (Lipinski definition) is 1. The number of carbonyl (C=O) groups excluding carboxylic acids is 1. The molecule has 0 saturated heterocycles. The van der Waals surface area contributed by atoms with Gasteiger partial charge < -0.3 is 4.90 Å². The Balaban J connectivity index is 2.52. The van der Waals surface area contributed by atoms with E-state index >= 15 is 0 Å². The molecule has 8 heteroatoms. The van der Waals surface area contributed by atoms with Gasteiger partial charge in [0.15, 0.2) is 5.16 Å². The van der Waals surface area contributed by atoms with E-state index in [1.54, 1.807) is 7.05 Å². The lowest BCUT2D eigenvalue weighted by atomic mass is 10.4. The number of aromatic nitrogens is 3. The number of rotatable bonds is 6. The van der Waals surface area contributed by atoms with Crippen molar-refractivity contribution in [1.29, 1.82) is 5.26 Å². The fourth-order valence-corrected chi connectivity index (χ4v) is 2.22. The van der Waals surface area contributed by atoms with Crippen molar-refractivity contribution < 1.29 is 4.79 Å². The van der Waals surface area contributed by atoms with Crippen molar-refractivity contribution in [3.63, 3.8) is 0 Å². The first-order chi connectivity index (χ1) is 8.60. The summed E-state index contributed by atoms with van der Waals surface area (Å²) in [7, 11) is 1.65. The Morgan fingerprint density at radius 1 is 1.67 bits per heavy atom. The van der Waals surface area contributed by atoms with Crippen molar-refractivity contribution in [3.05, 3.63) is 10.5 Å². The molecule has 0 fully saturated rings. The number of aromatic amines is 1. The smallest absolute Gasteiger partial charge is 0.343 e. The minimum atomic E-state index is -0.273. The van der Waals surface area contributed by atoms with Crippen LogP contribution in [0.2, 0.25) is 0 Å². The standard InChI is InChI=1S/C10H15N5O2S/c1-3-15-9(17)12-13-10(15)18-7-8(16)14(2)6-4-5-11/h3-4,6-7H2,1-2H3,(H,12,17). The fourth-order valence-electron chi connectivity index (χ4n) is 1.27. The lowest BCUT2D eigenvalue weighted by Gasteiger charge is -2.14. The van der Waals surface area contributed by atoms with Crippen LogP contribution < -0.4 is 5.69 Å². The highest BCUT2D eigenvalue weighted by molar-refractivity contribution is 7.99. The van der Waals surface area contributed by atoms with Crippen molar-refractivity contribution >= 4 is 17.7 Å². The Morgan fingerprint density at radius 2 is 2.39 bits per heavy atom. The number of hydrogen-bond acceptors (Lipinski definition) is 5. The van der Waals surface area contributed by atoms with E-state index in [1.165, 1.54) is 21.2 Å². The molecule has 0 atom stereocenters. The van der Waals surface area contributed by atoms with E-state index in [0.717, 1.165) is 0 Å². The molecule has 0 aliphatic heterocycles. The SMILES string of the molecule is CCn1c(SCC(=O)N(C)CCC#N)n[nH]c1=O. The van der Waals surface area contributed by atoms with Gasteiger partial charge in [-0.15, -0.1) is 5.10 Å². The van der Waals surface area contributed by atoms with E-state index < -0.39 is 0 Å². The van der Waals surface area contributed by atoms with Gasteiger partial charge in [-0.1, -0.05) is 11.8 Å². The van der Waals surface area contributed by atoms with E-state index in [1.807, 2.05) is 13.0 Å². The van der Waals surface area contributed by atoms with Crippen LogP contribution >= 0.6 is 11.8 Å². The molecular formula is C10H15N5O2S. The van der Waals surface area contributed by atoms with Gasteiger partial charge in [-0.25, -0.2) is 9.89 Å². The van der Waals surface area contributed by atoms with Crippen LogP contribution in [0.25, 0.3) is 0 Å². The second-order valence-corrected chi connectivity index (χ2v) is 4.51. The summed E-state index contributed by atoms with van der Waals surface area (Å²) in [5.41, 5.74) is -0.273. The molecule has 0 spiro atoms. The van der Waals surface area contributed by atoms with Crippen LogP contribution in [0.3, 0.4) is 0 Å². The van der Waals surface area contributed by atoms with Gasteiger partial charge in [0.25, 0.3) is 0 Å². The van der Waals surface area contributed by atoms with Crippen LogP contribution in [0, 0.1) is 11.3 Å². The highest BCUT2D eigenvalue weighted by Crippen LogP contribution is 2.13. The third-order valence-electron chi connectivity index (χ3n) is 2.35. The second kappa shape index (κ2) is 6.86. The normalized spacial score (nSPS) is 10.1. The summed E-state index contributed by atoms with van der Waals surface area (Å²) in [4.78, 5) is 24.5. The lowest BCUT2D eigenvalue weighted by Crippen LogP contribution is -2.29. The van der Waals surface area contributed by atoms with E-state index in [4.69, 9.17) is 5.26 Å². The zero-order valence-electron chi connectivity index (χ0n) is 10.3. The van der Waals surface area contributed by atoms with Crippen LogP contribution in [-0.2, 0) is 11.3 Å². The van der Waals surface area contributed by atoms with Crippen LogP contribution in [0.4, 0.5) is 0 Å². The molecule has 1 amide bonds. The average Bonchev–Trinajstić information content (AvgIpc) is 2.73. The van der Waals surface area contributed by atoms with E-state index in [2.05, 4.69) is 10.2 Å². The largest absolute Gasteiger partial charge is 0.344 e. The molecule has 1 aromatic rings.